The SMILES string of the molecule is Cc1cn2nc(NCCCCCCCN(C)C)sc2n1. The number of unbranched alkanes of at least 4 members (excludes halogenated alkanes) is 4. The number of rotatable bonds is 9. The van der Waals surface area contributed by atoms with Crippen LogP contribution in [-0.4, -0.2) is 46.7 Å². The Morgan fingerprint density at radius 1 is 1.20 bits per heavy atom. The molecule has 6 heteroatoms. The number of anilines is 1. The lowest BCUT2D eigenvalue weighted by Crippen LogP contribution is -2.12. The molecule has 0 spiro atoms. The highest BCUT2D eigenvalue weighted by molar-refractivity contribution is 7.20. The molecule has 20 heavy (non-hydrogen) atoms. The summed E-state index contributed by atoms with van der Waals surface area (Å²) in [5, 5.41) is 8.82. The summed E-state index contributed by atoms with van der Waals surface area (Å²) in [7, 11) is 4.27. The van der Waals surface area contributed by atoms with Crippen molar-refractivity contribution in [2.75, 3.05) is 32.5 Å². The largest absolute Gasteiger partial charge is 0.360 e. The minimum absolute atomic E-state index is 0.966. The maximum absolute atomic E-state index is 4.46. The molecule has 2 heterocycles. The second kappa shape index (κ2) is 7.59. The van der Waals surface area contributed by atoms with Crippen LogP contribution in [-0.2, 0) is 0 Å². The van der Waals surface area contributed by atoms with Crippen molar-refractivity contribution >= 4 is 21.4 Å². The first-order valence-electron chi connectivity index (χ1n) is 7.36. The van der Waals surface area contributed by atoms with E-state index in [-0.39, 0.29) is 0 Å². The van der Waals surface area contributed by atoms with E-state index in [1.807, 2.05) is 17.6 Å². The van der Waals surface area contributed by atoms with E-state index in [0.29, 0.717) is 0 Å². The van der Waals surface area contributed by atoms with Crippen molar-refractivity contribution in [1.29, 1.82) is 0 Å². The van der Waals surface area contributed by atoms with E-state index in [1.54, 1.807) is 11.3 Å². The molecule has 0 saturated carbocycles. The van der Waals surface area contributed by atoms with Gasteiger partial charge in [0, 0.05) is 6.54 Å². The molecular weight excluding hydrogens is 270 g/mol. The number of imidazole rings is 1. The second-order valence-corrected chi connectivity index (χ2v) is 6.47. The van der Waals surface area contributed by atoms with Crippen LogP contribution in [0.15, 0.2) is 6.20 Å². The van der Waals surface area contributed by atoms with Gasteiger partial charge >= 0.3 is 0 Å². The van der Waals surface area contributed by atoms with Gasteiger partial charge in [-0.05, 0) is 40.4 Å². The van der Waals surface area contributed by atoms with Crippen molar-refractivity contribution in [3.8, 4) is 0 Å². The van der Waals surface area contributed by atoms with E-state index in [4.69, 9.17) is 0 Å². The van der Waals surface area contributed by atoms with Crippen molar-refractivity contribution in [3.63, 3.8) is 0 Å². The van der Waals surface area contributed by atoms with Crippen LogP contribution in [0.2, 0.25) is 0 Å². The molecule has 0 aliphatic carbocycles. The predicted octanol–water partition coefficient (Wildman–Crippen LogP) is 3.02. The Bertz CT molecular complexity index is 485. The third kappa shape index (κ3) is 4.76. The highest BCUT2D eigenvalue weighted by Gasteiger charge is 2.05. The van der Waals surface area contributed by atoms with Crippen LogP contribution in [0, 0.1) is 6.92 Å². The Balaban J connectivity index is 1.55. The fourth-order valence-electron chi connectivity index (χ4n) is 2.16. The molecule has 0 atom stereocenters. The highest BCUT2D eigenvalue weighted by Crippen LogP contribution is 2.18. The topological polar surface area (TPSA) is 45.5 Å². The number of hydrogen-bond acceptors (Lipinski definition) is 5. The number of aromatic nitrogens is 3. The average molecular weight is 295 g/mol. The van der Waals surface area contributed by atoms with Crippen molar-refractivity contribution < 1.29 is 0 Å². The highest BCUT2D eigenvalue weighted by atomic mass is 32.1. The first kappa shape index (κ1) is 15.3. The van der Waals surface area contributed by atoms with Crippen molar-refractivity contribution in [1.82, 2.24) is 19.5 Å². The molecule has 2 rings (SSSR count). The van der Waals surface area contributed by atoms with Gasteiger partial charge in [0.25, 0.3) is 0 Å². The van der Waals surface area contributed by atoms with Gasteiger partial charge in [-0.2, -0.15) is 0 Å². The minimum Gasteiger partial charge on any atom is -0.360 e. The van der Waals surface area contributed by atoms with Crippen LogP contribution in [0.3, 0.4) is 0 Å². The van der Waals surface area contributed by atoms with E-state index in [1.165, 1.54) is 38.6 Å². The van der Waals surface area contributed by atoms with Crippen LogP contribution >= 0.6 is 11.3 Å². The van der Waals surface area contributed by atoms with E-state index in [2.05, 4.69) is 34.4 Å². The second-order valence-electron chi connectivity index (χ2n) is 5.51. The fraction of sp³-hybridized carbons (Fsp3) is 0.714. The molecule has 0 unspecified atom stereocenters. The van der Waals surface area contributed by atoms with Gasteiger partial charge in [-0.25, -0.2) is 9.50 Å². The molecule has 2 aromatic rings. The molecule has 0 aromatic carbocycles. The molecule has 0 fully saturated rings. The predicted molar refractivity (Wildman–Crippen MR) is 85.7 cm³/mol. The minimum atomic E-state index is 0.966. The van der Waals surface area contributed by atoms with Crippen molar-refractivity contribution in [2.45, 2.75) is 39.0 Å². The Morgan fingerprint density at radius 3 is 2.70 bits per heavy atom. The van der Waals surface area contributed by atoms with Crippen molar-refractivity contribution in [3.05, 3.63) is 11.9 Å². The Kier molecular flexibility index (Phi) is 5.79. The number of fused-ring (bicyclic) bond motifs is 1. The van der Waals surface area contributed by atoms with Gasteiger partial charge < -0.3 is 10.2 Å². The molecule has 0 aliphatic rings. The molecule has 0 bridgehead atoms. The molecule has 2 aromatic heterocycles. The lowest BCUT2D eigenvalue weighted by Gasteiger charge is -2.08. The summed E-state index contributed by atoms with van der Waals surface area (Å²) in [5.41, 5.74) is 1.02. The molecule has 0 radical (unpaired) electrons. The normalized spacial score (nSPS) is 11.6. The number of hydrogen-bond donors (Lipinski definition) is 1. The first-order chi connectivity index (χ1) is 9.65. The molecule has 0 aliphatic heterocycles. The van der Waals surface area contributed by atoms with Crippen LogP contribution < -0.4 is 5.32 Å². The maximum Gasteiger partial charge on any atom is 0.214 e. The molecule has 5 nitrogen and oxygen atoms in total. The van der Waals surface area contributed by atoms with E-state index < -0.39 is 0 Å². The fourth-order valence-corrected chi connectivity index (χ4v) is 3.01. The zero-order chi connectivity index (χ0) is 14.4. The van der Waals surface area contributed by atoms with Gasteiger partial charge in [0.05, 0.1) is 11.9 Å². The van der Waals surface area contributed by atoms with Crippen LogP contribution in [0.25, 0.3) is 4.96 Å². The molecule has 0 amide bonds. The molecule has 112 valence electrons. The number of aryl methyl sites for hydroxylation is 1. The van der Waals surface area contributed by atoms with E-state index >= 15 is 0 Å². The van der Waals surface area contributed by atoms with Crippen LogP contribution in [0.5, 0.6) is 0 Å². The Morgan fingerprint density at radius 2 is 1.95 bits per heavy atom. The zero-order valence-corrected chi connectivity index (χ0v) is 13.5. The lowest BCUT2D eigenvalue weighted by molar-refractivity contribution is 0.390. The Hall–Kier alpha value is -1.14. The van der Waals surface area contributed by atoms with Gasteiger partial charge in [-0.15, -0.1) is 5.10 Å². The number of nitrogens with one attached hydrogen (secondary N) is 1. The summed E-state index contributed by atoms with van der Waals surface area (Å²) >= 11 is 1.62. The standard InChI is InChI=1S/C14H25N5S/c1-12-11-19-14(16-12)20-13(17-19)15-9-7-5-4-6-8-10-18(2)3/h11H,4-10H2,1-3H3,(H,15,17). The van der Waals surface area contributed by atoms with Gasteiger partial charge in [-0.3, -0.25) is 0 Å². The van der Waals surface area contributed by atoms with Crippen LogP contribution in [0.1, 0.15) is 37.8 Å². The summed E-state index contributed by atoms with van der Waals surface area (Å²) < 4.78 is 1.85. The summed E-state index contributed by atoms with van der Waals surface area (Å²) in [5.74, 6) is 0. The van der Waals surface area contributed by atoms with Gasteiger partial charge in [0.1, 0.15) is 0 Å². The zero-order valence-electron chi connectivity index (χ0n) is 12.7. The van der Waals surface area contributed by atoms with E-state index in [9.17, 15) is 0 Å². The van der Waals surface area contributed by atoms with Gasteiger partial charge in [0.2, 0.25) is 10.1 Å². The first-order valence-corrected chi connectivity index (χ1v) is 8.18. The average Bonchev–Trinajstić information content (AvgIpc) is 2.88. The smallest absolute Gasteiger partial charge is 0.214 e. The summed E-state index contributed by atoms with van der Waals surface area (Å²) in [6.07, 6.45) is 8.44. The molecular formula is C14H25N5S. The molecule has 1 N–H and O–H groups in total. The quantitative estimate of drug-likeness (QED) is 0.722. The summed E-state index contributed by atoms with van der Waals surface area (Å²) in [6.45, 7) is 4.20. The van der Waals surface area contributed by atoms with E-state index in [0.717, 1.165) is 22.3 Å². The van der Waals surface area contributed by atoms with Crippen LogP contribution in [0.4, 0.5) is 5.13 Å². The summed E-state index contributed by atoms with van der Waals surface area (Å²) in [6, 6.07) is 0. The van der Waals surface area contributed by atoms with Gasteiger partial charge in [-0.1, -0.05) is 30.6 Å². The maximum atomic E-state index is 4.46. The third-order valence-electron chi connectivity index (χ3n) is 3.22. The number of nitrogens with zero attached hydrogens (tertiary/aromatic N) is 4. The summed E-state index contributed by atoms with van der Waals surface area (Å²) in [4.78, 5) is 7.62. The monoisotopic (exact) mass is 295 g/mol. The van der Waals surface area contributed by atoms with Gasteiger partial charge in [0.15, 0.2) is 0 Å². The third-order valence-corrected chi connectivity index (χ3v) is 4.10. The molecule has 0 saturated heterocycles. The Labute approximate surface area is 125 Å². The van der Waals surface area contributed by atoms with Crippen molar-refractivity contribution in [2.24, 2.45) is 0 Å². The lowest BCUT2D eigenvalue weighted by atomic mass is 10.1.